The van der Waals surface area contributed by atoms with Gasteiger partial charge in [0.1, 0.15) is 5.75 Å². The van der Waals surface area contributed by atoms with E-state index in [9.17, 15) is 5.11 Å². The molecule has 2 nitrogen and oxygen atoms in total. The highest BCUT2D eigenvalue weighted by molar-refractivity contribution is 5.39. The van der Waals surface area contributed by atoms with Crippen LogP contribution in [-0.4, -0.2) is 16.8 Å². The fourth-order valence-corrected chi connectivity index (χ4v) is 4.87. The van der Waals surface area contributed by atoms with Gasteiger partial charge in [-0.3, -0.25) is 0 Å². The van der Waals surface area contributed by atoms with Gasteiger partial charge in [0, 0.05) is 6.61 Å². The summed E-state index contributed by atoms with van der Waals surface area (Å²) >= 11 is 0. The molecule has 0 aliphatic rings. The zero-order valence-corrected chi connectivity index (χ0v) is 25.0. The van der Waals surface area contributed by atoms with Gasteiger partial charge in [0.15, 0.2) is 0 Å². The van der Waals surface area contributed by atoms with E-state index in [2.05, 4.69) is 33.8 Å². The number of aryl methyl sites for hydroxylation is 1. The van der Waals surface area contributed by atoms with E-state index in [1.54, 1.807) is 0 Å². The fourth-order valence-electron chi connectivity index (χ4n) is 4.87. The summed E-state index contributed by atoms with van der Waals surface area (Å²) in [6, 6.07) is 6.11. The molecule has 0 unspecified atom stereocenters. The average molecular weight is 505 g/mol. The van der Waals surface area contributed by atoms with Crippen molar-refractivity contribution in [2.75, 3.05) is 6.61 Å². The molecule has 0 radical (unpaired) electrons. The Balaban J connectivity index is 0.000000935. The lowest BCUT2D eigenvalue weighted by Crippen LogP contribution is -1.96. The zero-order valence-electron chi connectivity index (χ0n) is 25.0. The van der Waals surface area contributed by atoms with E-state index in [1.807, 2.05) is 12.1 Å². The molecule has 1 rings (SSSR count). The standard InChI is InChI=1S/C24H42O.C10H22O/c1-3-5-7-9-11-13-15-18-22-19-17-21-24(25)23(22)20-16-14-12-10-8-6-4-2;1-10(2)8-6-4-3-5-7-9-11/h17,19,21,25H,3-16,18,20H2,1-2H3;10-11H,3-9H2,1-2H3. The normalized spacial score (nSPS) is 11.1. The summed E-state index contributed by atoms with van der Waals surface area (Å²) in [7, 11) is 0. The Kier molecular flexibility index (Phi) is 26.3. The van der Waals surface area contributed by atoms with Crippen molar-refractivity contribution in [2.45, 2.75) is 169 Å². The number of phenols is 1. The monoisotopic (exact) mass is 504 g/mol. The summed E-state index contributed by atoms with van der Waals surface area (Å²) in [5, 5.41) is 18.8. The van der Waals surface area contributed by atoms with Gasteiger partial charge in [0.2, 0.25) is 0 Å². The Labute approximate surface area is 226 Å². The minimum Gasteiger partial charge on any atom is -0.508 e. The molecule has 0 spiro atoms. The molecule has 0 saturated heterocycles. The molecule has 2 N–H and O–H groups in total. The van der Waals surface area contributed by atoms with Crippen LogP contribution in [0, 0.1) is 5.92 Å². The Bertz CT molecular complexity index is 566. The third-order valence-corrected chi connectivity index (χ3v) is 7.27. The van der Waals surface area contributed by atoms with Crippen LogP contribution in [0.25, 0.3) is 0 Å². The predicted octanol–water partition coefficient (Wildman–Crippen LogP) is 11.0. The second-order valence-corrected chi connectivity index (χ2v) is 11.3. The number of phenolic OH excluding ortho intramolecular Hbond substituents is 1. The number of aliphatic hydroxyl groups excluding tert-OH is 1. The number of hydrogen-bond acceptors (Lipinski definition) is 2. The minimum absolute atomic E-state index is 0.365. The van der Waals surface area contributed by atoms with Crippen LogP contribution in [0.15, 0.2) is 18.2 Å². The van der Waals surface area contributed by atoms with E-state index >= 15 is 0 Å². The molecule has 0 aromatic heterocycles. The van der Waals surface area contributed by atoms with Crippen molar-refractivity contribution >= 4 is 0 Å². The van der Waals surface area contributed by atoms with Crippen molar-refractivity contribution in [1.82, 2.24) is 0 Å². The first kappa shape index (κ1) is 35.0. The van der Waals surface area contributed by atoms with E-state index in [-0.39, 0.29) is 0 Å². The highest BCUT2D eigenvalue weighted by Gasteiger charge is 2.07. The molecule has 0 fully saturated rings. The van der Waals surface area contributed by atoms with Crippen LogP contribution < -0.4 is 0 Å². The van der Waals surface area contributed by atoms with Crippen molar-refractivity contribution < 1.29 is 10.2 Å². The molecule has 0 heterocycles. The second-order valence-electron chi connectivity index (χ2n) is 11.3. The lowest BCUT2D eigenvalue weighted by Gasteiger charge is -2.12. The molecule has 0 amide bonds. The maximum atomic E-state index is 10.3. The number of aliphatic hydroxyl groups is 1. The molecule has 0 aliphatic heterocycles. The van der Waals surface area contributed by atoms with Crippen molar-refractivity contribution in [3.63, 3.8) is 0 Å². The number of benzene rings is 1. The van der Waals surface area contributed by atoms with Crippen LogP contribution in [0.5, 0.6) is 5.75 Å². The molecule has 36 heavy (non-hydrogen) atoms. The van der Waals surface area contributed by atoms with Crippen LogP contribution in [0.2, 0.25) is 0 Å². The molecule has 2 heteroatoms. The summed E-state index contributed by atoms with van der Waals surface area (Å²) in [6.07, 6.45) is 28.5. The summed E-state index contributed by atoms with van der Waals surface area (Å²) < 4.78 is 0. The molecule has 0 bridgehead atoms. The molecule has 0 aliphatic carbocycles. The molecule has 212 valence electrons. The smallest absolute Gasteiger partial charge is 0.119 e. The van der Waals surface area contributed by atoms with Crippen molar-refractivity contribution in [3.05, 3.63) is 29.3 Å². The van der Waals surface area contributed by atoms with Crippen LogP contribution in [0.3, 0.4) is 0 Å². The summed E-state index contributed by atoms with van der Waals surface area (Å²) in [5.74, 6) is 1.37. The first-order valence-corrected chi connectivity index (χ1v) is 16.0. The van der Waals surface area contributed by atoms with Crippen LogP contribution in [-0.2, 0) is 12.8 Å². The molecular weight excluding hydrogens is 440 g/mol. The fraction of sp³-hybridized carbons (Fsp3) is 0.824. The zero-order chi connectivity index (χ0) is 26.7. The topological polar surface area (TPSA) is 40.5 Å². The van der Waals surface area contributed by atoms with Gasteiger partial charge in [0.05, 0.1) is 0 Å². The quantitative estimate of drug-likeness (QED) is 0.145. The molecule has 1 aromatic rings. The van der Waals surface area contributed by atoms with E-state index < -0.39 is 0 Å². The molecular formula is C34H64O2. The highest BCUT2D eigenvalue weighted by atomic mass is 16.3. The lowest BCUT2D eigenvalue weighted by atomic mass is 9.95. The maximum absolute atomic E-state index is 10.3. The van der Waals surface area contributed by atoms with Gasteiger partial charge < -0.3 is 10.2 Å². The van der Waals surface area contributed by atoms with Gasteiger partial charge >= 0.3 is 0 Å². The Morgan fingerprint density at radius 3 is 1.58 bits per heavy atom. The molecule has 0 atom stereocenters. The minimum atomic E-state index is 0.365. The van der Waals surface area contributed by atoms with Gasteiger partial charge in [-0.05, 0) is 55.2 Å². The average Bonchev–Trinajstić information content (AvgIpc) is 2.86. The summed E-state index contributed by atoms with van der Waals surface area (Å²) in [6.45, 7) is 9.45. The van der Waals surface area contributed by atoms with Gasteiger partial charge in [-0.25, -0.2) is 0 Å². The first-order valence-electron chi connectivity index (χ1n) is 16.0. The van der Waals surface area contributed by atoms with Crippen molar-refractivity contribution in [2.24, 2.45) is 5.92 Å². The lowest BCUT2D eigenvalue weighted by molar-refractivity contribution is 0.282. The molecule has 0 saturated carbocycles. The maximum Gasteiger partial charge on any atom is 0.119 e. The number of rotatable bonds is 23. The SMILES string of the molecule is CC(C)CCCCCCCO.CCCCCCCCCc1cccc(O)c1CCCCCCCCC. The Morgan fingerprint density at radius 2 is 1.06 bits per heavy atom. The third kappa shape index (κ3) is 22.2. The van der Waals surface area contributed by atoms with Crippen LogP contribution in [0.4, 0.5) is 0 Å². The van der Waals surface area contributed by atoms with E-state index in [0.29, 0.717) is 12.4 Å². The van der Waals surface area contributed by atoms with Crippen LogP contribution in [0.1, 0.15) is 167 Å². The number of unbranched alkanes of at least 4 members (excludes halogenated alkanes) is 16. The first-order chi connectivity index (χ1) is 17.6. The van der Waals surface area contributed by atoms with Gasteiger partial charge in [-0.2, -0.15) is 0 Å². The molecule has 1 aromatic carbocycles. The predicted molar refractivity (Wildman–Crippen MR) is 161 cm³/mol. The Morgan fingerprint density at radius 1 is 0.583 bits per heavy atom. The van der Waals surface area contributed by atoms with Crippen LogP contribution >= 0.6 is 0 Å². The van der Waals surface area contributed by atoms with E-state index in [1.165, 1.54) is 133 Å². The van der Waals surface area contributed by atoms with E-state index in [0.717, 1.165) is 25.2 Å². The van der Waals surface area contributed by atoms with E-state index in [4.69, 9.17) is 5.11 Å². The largest absolute Gasteiger partial charge is 0.508 e. The highest BCUT2D eigenvalue weighted by Crippen LogP contribution is 2.25. The Hall–Kier alpha value is -1.02. The number of aromatic hydroxyl groups is 1. The second kappa shape index (κ2) is 27.0. The van der Waals surface area contributed by atoms with Crippen molar-refractivity contribution in [3.8, 4) is 5.75 Å². The summed E-state index contributed by atoms with van der Waals surface area (Å²) in [4.78, 5) is 0. The van der Waals surface area contributed by atoms with Crippen molar-refractivity contribution in [1.29, 1.82) is 0 Å². The van der Waals surface area contributed by atoms with Gasteiger partial charge in [-0.15, -0.1) is 0 Å². The number of hydrogen-bond donors (Lipinski definition) is 2. The van der Waals surface area contributed by atoms with Gasteiger partial charge in [-0.1, -0.05) is 149 Å². The summed E-state index contributed by atoms with van der Waals surface area (Å²) in [5.41, 5.74) is 2.61. The van der Waals surface area contributed by atoms with Gasteiger partial charge in [0.25, 0.3) is 0 Å². The third-order valence-electron chi connectivity index (χ3n) is 7.27.